The lowest BCUT2D eigenvalue weighted by molar-refractivity contribution is 0.0438. The molecule has 0 aliphatic heterocycles. The van der Waals surface area contributed by atoms with Gasteiger partial charge in [0.2, 0.25) is 0 Å². The van der Waals surface area contributed by atoms with E-state index in [1.807, 2.05) is 20.8 Å². The van der Waals surface area contributed by atoms with Gasteiger partial charge in [0.15, 0.2) is 0 Å². The Morgan fingerprint density at radius 1 is 1.22 bits per heavy atom. The quantitative estimate of drug-likeness (QED) is 0.713. The van der Waals surface area contributed by atoms with Crippen molar-refractivity contribution in [3.05, 3.63) is 0 Å². The highest BCUT2D eigenvalue weighted by Gasteiger charge is 2.32. The van der Waals surface area contributed by atoms with Gasteiger partial charge in [0.05, 0.1) is 5.60 Å². The fourth-order valence-electron chi connectivity index (χ4n) is 1.77. The van der Waals surface area contributed by atoms with Crippen LogP contribution in [0, 0.1) is 0 Å². The second-order valence-corrected chi connectivity index (χ2v) is 6.70. The maximum atomic E-state index is 11.5. The third-order valence-electron chi connectivity index (χ3n) is 2.68. The molecule has 5 heteroatoms. The van der Waals surface area contributed by atoms with Gasteiger partial charge in [0.1, 0.15) is 5.60 Å². The molecule has 0 spiro atoms. The van der Waals surface area contributed by atoms with Gasteiger partial charge in [-0.2, -0.15) is 0 Å². The van der Waals surface area contributed by atoms with Crippen LogP contribution in [0.1, 0.15) is 47.5 Å². The van der Waals surface area contributed by atoms with E-state index in [-0.39, 0.29) is 12.1 Å². The van der Waals surface area contributed by atoms with Crippen molar-refractivity contribution in [1.29, 1.82) is 0 Å². The molecule has 1 saturated carbocycles. The van der Waals surface area contributed by atoms with Crippen molar-refractivity contribution >= 4 is 6.09 Å². The Balaban J connectivity index is 2.14. The Bertz CT molecular complexity index is 286. The van der Waals surface area contributed by atoms with Gasteiger partial charge in [0.25, 0.3) is 0 Å². The molecule has 5 nitrogen and oxygen atoms in total. The van der Waals surface area contributed by atoms with Crippen molar-refractivity contribution in [2.75, 3.05) is 6.54 Å². The summed E-state index contributed by atoms with van der Waals surface area (Å²) in [4.78, 5) is 11.5. The van der Waals surface area contributed by atoms with Crippen molar-refractivity contribution in [2.24, 2.45) is 0 Å². The van der Waals surface area contributed by atoms with Gasteiger partial charge < -0.3 is 20.5 Å². The van der Waals surface area contributed by atoms with Crippen LogP contribution in [0.3, 0.4) is 0 Å². The Kier molecular flexibility index (Phi) is 4.61. The van der Waals surface area contributed by atoms with Crippen LogP contribution in [0.5, 0.6) is 0 Å². The van der Waals surface area contributed by atoms with E-state index in [4.69, 9.17) is 4.74 Å². The van der Waals surface area contributed by atoms with Gasteiger partial charge in [-0.3, -0.25) is 0 Å². The smallest absolute Gasteiger partial charge is 0.407 e. The van der Waals surface area contributed by atoms with Crippen LogP contribution in [0.2, 0.25) is 0 Å². The molecule has 106 valence electrons. The zero-order valence-electron chi connectivity index (χ0n) is 12.0. The summed E-state index contributed by atoms with van der Waals surface area (Å²) in [5.74, 6) is 0. The van der Waals surface area contributed by atoms with Gasteiger partial charge in [-0.1, -0.05) is 0 Å². The van der Waals surface area contributed by atoms with E-state index >= 15 is 0 Å². The molecule has 0 radical (unpaired) electrons. The molecule has 0 aromatic carbocycles. The van der Waals surface area contributed by atoms with Crippen LogP contribution in [-0.4, -0.2) is 41.0 Å². The molecule has 1 rings (SSSR count). The number of aliphatic hydroxyl groups is 1. The normalized spacial score (nSPS) is 24.3. The summed E-state index contributed by atoms with van der Waals surface area (Å²) < 4.78 is 5.18. The van der Waals surface area contributed by atoms with E-state index in [0.29, 0.717) is 12.6 Å². The van der Waals surface area contributed by atoms with Crippen LogP contribution in [-0.2, 0) is 4.74 Å². The molecule has 0 unspecified atom stereocenters. The standard InChI is InChI=1S/C13H26N2O3/c1-12(2,3)18-11(16)15-10-6-9(7-10)14-8-13(4,5)17/h9-10,14,17H,6-8H2,1-5H3,(H,15,16). The third-order valence-corrected chi connectivity index (χ3v) is 2.68. The second kappa shape index (κ2) is 5.45. The number of rotatable bonds is 4. The number of amides is 1. The van der Waals surface area contributed by atoms with Gasteiger partial charge in [-0.25, -0.2) is 4.79 Å². The molecule has 0 heterocycles. The van der Waals surface area contributed by atoms with Gasteiger partial charge >= 0.3 is 6.09 Å². The van der Waals surface area contributed by atoms with E-state index in [1.165, 1.54) is 0 Å². The van der Waals surface area contributed by atoms with Crippen molar-refractivity contribution in [3.8, 4) is 0 Å². The van der Waals surface area contributed by atoms with Crippen LogP contribution < -0.4 is 10.6 Å². The van der Waals surface area contributed by atoms with E-state index in [1.54, 1.807) is 13.8 Å². The average molecular weight is 258 g/mol. The minimum absolute atomic E-state index is 0.180. The first-order chi connectivity index (χ1) is 8.05. The van der Waals surface area contributed by atoms with Crippen molar-refractivity contribution in [1.82, 2.24) is 10.6 Å². The number of hydrogen-bond donors (Lipinski definition) is 3. The molecule has 0 atom stereocenters. The number of carbonyl (C=O) groups is 1. The van der Waals surface area contributed by atoms with Crippen molar-refractivity contribution in [3.63, 3.8) is 0 Å². The lowest BCUT2D eigenvalue weighted by Gasteiger charge is -2.38. The molecule has 1 aliphatic carbocycles. The summed E-state index contributed by atoms with van der Waals surface area (Å²) in [5, 5.41) is 15.7. The minimum Gasteiger partial charge on any atom is -0.444 e. The average Bonchev–Trinajstić information content (AvgIpc) is 2.03. The summed E-state index contributed by atoms with van der Waals surface area (Å²) in [6.45, 7) is 9.66. The van der Waals surface area contributed by atoms with Crippen molar-refractivity contribution in [2.45, 2.75) is 70.7 Å². The summed E-state index contributed by atoms with van der Waals surface area (Å²) in [7, 11) is 0. The molecule has 1 amide bonds. The second-order valence-electron chi connectivity index (χ2n) is 6.70. The molecule has 0 aromatic rings. The highest BCUT2D eigenvalue weighted by atomic mass is 16.6. The third kappa shape index (κ3) is 6.21. The van der Waals surface area contributed by atoms with Crippen LogP contribution in [0.15, 0.2) is 0 Å². The monoisotopic (exact) mass is 258 g/mol. The van der Waals surface area contributed by atoms with Crippen LogP contribution in [0.25, 0.3) is 0 Å². The van der Waals surface area contributed by atoms with E-state index in [9.17, 15) is 9.90 Å². The van der Waals surface area contributed by atoms with Crippen LogP contribution in [0.4, 0.5) is 4.79 Å². The molecule has 18 heavy (non-hydrogen) atoms. The number of nitrogens with one attached hydrogen (secondary N) is 2. The molecule has 0 aromatic heterocycles. The SMILES string of the molecule is CC(C)(O)CNC1CC(NC(=O)OC(C)(C)C)C1. The van der Waals surface area contributed by atoms with E-state index < -0.39 is 11.2 Å². The number of alkyl carbamates (subject to hydrolysis) is 1. The zero-order chi connectivity index (χ0) is 14.0. The Morgan fingerprint density at radius 2 is 1.78 bits per heavy atom. The first-order valence-electron chi connectivity index (χ1n) is 6.50. The van der Waals surface area contributed by atoms with E-state index in [2.05, 4.69) is 10.6 Å². The largest absolute Gasteiger partial charge is 0.444 e. The molecular formula is C13H26N2O3. The summed E-state index contributed by atoms with van der Waals surface area (Å²) in [6.07, 6.45) is 1.42. The van der Waals surface area contributed by atoms with Gasteiger partial charge in [-0.05, 0) is 47.5 Å². The maximum absolute atomic E-state index is 11.5. The number of carbonyl (C=O) groups excluding carboxylic acids is 1. The Morgan fingerprint density at radius 3 is 2.22 bits per heavy atom. The molecule has 0 saturated heterocycles. The Labute approximate surface area is 109 Å². The topological polar surface area (TPSA) is 70.6 Å². The first-order valence-corrected chi connectivity index (χ1v) is 6.50. The maximum Gasteiger partial charge on any atom is 0.407 e. The predicted molar refractivity (Wildman–Crippen MR) is 70.5 cm³/mol. The molecule has 1 fully saturated rings. The van der Waals surface area contributed by atoms with Crippen molar-refractivity contribution < 1.29 is 14.6 Å². The molecule has 3 N–H and O–H groups in total. The lowest BCUT2D eigenvalue weighted by Crippen LogP contribution is -2.55. The highest BCUT2D eigenvalue weighted by Crippen LogP contribution is 2.21. The highest BCUT2D eigenvalue weighted by molar-refractivity contribution is 5.68. The number of ether oxygens (including phenoxy) is 1. The minimum atomic E-state index is -0.691. The summed E-state index contributed by atoms with van der Waals surface area (Å²) in [6, 6.07) is 0.551. The number of hydrogen-bond acceptors (Lipinski definition) is 4. The van der Waals surface area contributed by atoms with E-state index in [0.717, 1.165) is 12.8 Å². The summed E-state index contributed by atoms with van der Waals surface area (Å²) >= 11 is 0. The molecule has 0 bridgehead atoms. The fourth-order valence-corrected chi connectivity index (χ4v) is 1.77. The fraction of sp³-hybridized carbons (Fsp3) is 0.923. The first kappa shape index (κ1) is 15.2. The Hall–Kier alpha value is -0.810. The lowest BCUT2D eigenvalue weighted by atomic mass is 9.86. The van der Waals surface area contributed by atoms with Gasteiger partial charge in [0, 0.05) is 18.6 Å². The predicted octanol–water partition coefficient (Wildman–Crippen LogP) is 1.40. The van der Waals surface area contributed by atoms with Gasteiger partial charge in [-0.15, -0.1) is 0 Å². The molecule has 1 aliphatic rings. The van der Waals surface area contributed by atoms with Crippen LogP contribution >= 0.6 is 0 Å². The zero-order valence-corrected chi connectivity index (χ0v) is 12.0. The molecular weight excluding hydrogens is 232 g/mol. The summed E-state index contributed by atoms with van der Waals surface area (Å²) in [5.41, 5.74) is -1.14.